The molecule has 1 aliphatic rings. The van der Waals surface area contributed by atoms with Gasteiger partial charge in [0.1, 0.15) is 0 Å². The summed E-state index contributed by atoms with van der Waals surface area (Å²) in [6.07, 6.45) is 1.58. The number of nitrogens with zero attached hydrogens (tertiary/aromatic N) is 1. The van der Waals surface area contributed by atoms with Crippen molar-refractivity contribution in [2.45, 2.75) is 37.1 Å². The number of hydrogen-bond donors (Lipinski definition) is 1. The van der Waals surface area contributed by atoms with Crippen molar-refractivity contribution >= 4 is 20.0 Å². The van der Waals surface area contributed by atoms with Crippen LogP contribution in [0.4, 0.5) is 0 Å². The standard InChI is InChI=1S/C14H22N2O4S2/c1-2-12-21(17,18)16-10-8-13(9-11-16)15-22(19,20)14-6-4-3-5-7-14/h3-7,13,15H,2,8-12H2,1H3. The van der Waals surface area contributed by atoms with Crippen molar-refractivity contribution in [3.8, 4) is 0 Å². The summed E-state index contributed by atoms with van der Waals surface area (Å²) in [6, 6.07) is 7.98. The minimum atomic E-state index is -3.54. The molecule has 0 bridgehead atoms. The molecule has 1 aromatic carbocycles. The van der Waals surface area contributed by atoms with E-state index in [2.05, 4.69) is 4.72 Å². The molecule has 2 rings (SSSR count). The van der Waals surface area contributed by atoms with Crippen LogP contribution in [0.1, 0.15) is 26.2 Å². The number of nitrogens with one attached hydrogen (secondary N) is 1. The van der Waals surface area contributed by atoms with Gasteiger partial charge in [-0.25, -0.2) is 25.9 Å². The van der Waals surface area contributed by atoms with Crippen LogP contribution in [-0.2, 0) is 20.0 Å². The molecule has 0 amide bonds. The number of hydrogen-bond acceptors (Lipinski definition) is 4. The summed E-state index contributed by atoms with van der Waals surface area (Å²) in [5.74, 6) is 0.146. The van der Waals surface area contributed by atoms with E-state index in [0.717, 1.165) is 0 Å². The fraction of sp³-hybridized carbons (Fsp3) is 0.571. The van der Waals surface area contributed by atoms with Gasteiger partial charge < -0.3 is 0 Å². The Morgan fingerprint density at radius 2 is 1.68 bits per heavy atom. The largest absolute Gasteiger partial charge is 0.240 e. The lowest BCUT2D eigenvalue weighted by molar-refractivity contribution is 0.308. The van der Waals surface area contributed by atoms with Crippen molar-refractivity contribution in [3.63, 3.8) is 0 Å². The van der Waals surface area contributed by atoms with Gasteiger partial charge in [-0.3, -0.25) is 0 Å². The van der Waals surface area contributed by atoms with Gasteiger partial charge in [0.15, 0.2) is 0 Å². The minimum Gasteiger partial charge on any atom is -0.212 e. The molecular formula is C14H22N2O4S2. The molecule has 22 heavy (non-hydrogen) atoms. The number of rotatable bonds is 6. The molecule has 1 aromatic rings. The molecule has 124 valence electrons. The summed E-state index contributed by atoms with van der Waals surface area (Å²) in [4.78, 5) is 0.232. The Balaban J connectivity index is 1.96. The predicted molar refractivity (Wildman–Crippen MR) is 85.4 cm³/mol. The van der Waals surface area contributed by atoms with Crippen LogP contribution in [0.15, 0.2) is 35.2 Å². The zero-order valence-electron chi connectivity index (χ0n) is 12.6. The van der Waals surface area contributed by atoms with E-state index in [9.17, 15) is 16.8 Å². The fourth-order valence-corrected chi connectivity index (χ4v) is 5.39. The van der Waals surface area contributed by atoms with Crippen molar-refractivity contribution in [3.05, 3.63) is 30.3 Å². The first-order valence-electron chi connectivity index (χ1n) is 7.40. The Kier molecular flexibility index (Phi) is 5.60. The number of benzene rings is 1. The third kappa shape index (κ3) is 4.28. The van der Waals surface area contributed by atoms with Crippen molar-refractivity contribution in [2.24, 2.45) is 0 Å². The highest BCUT2D eigenvalue weighted by atomic mass is 32.2. The van der Waals surface area contributed by atoms with E-state index >= 15 is 0 Å². The topological polar surface area (TPSA) is 83.6 Å². The molecule has 6 nitrogen and oxygen atoms in total. The smallest absolute Gasteiger partial charge is 0.212 e. The highest BCUT2D eigenvalue weighted by Gasteiger charge is 2.29. The van der Waals surface area contributed by atoms with Gasteiger partial charge in [-0.15, -0.1) is 0 Å². The van der Waals surface area contributed by atoms with E-state index in [-0.39, 0.29) is 16.7 Å². The molecule has 0 aliphatic carbocycles. The maximum atomic E-state index is 12.2. The Hall–Kier alpha value is -0.960. The van der Waals surface area contributed by atoms with Crippen molar-refractivity contribution < 1.29 is 16.8 Å². The third-order valence-electron chi connectivity index (χ3n) is 3.68. The zero-order chi connectivity index (χ0) is 16.2. The summed E-state index contributed by atoms with van der Waals surface area (Å²) in [5.41, 5.74) is 0. The monoisotopic (exact) mass is 346 g/mol. The maximum Gasteiger partial charge on any atom is 0.240 e. The first-order valence-corrected chi connectivity index (χ1v) is 10.5. The van der Waals surface area contributed by atoms with Gasteiger partial charge in [0.05, 0.1) is 10.6 Å². The Labute approximate surface area is 132 Å². The van der Waals surface area contributed by atoms with Gasteiger partial charge in [-0.1, -0.05) is 25.1 Å². The van der Waals surface area contributed by atoms with Crippen LogP contribution in [0.2, 0.25) is 0 Å². The molecule has 0 spiro atoms. The quantitative estimate of drug-likeness (QED) is 0.838. The fourth-order valence-electron chi connectivity index (χ4n) is 2.53. The molecule has 1 saturated heterocycles. The van der Waals surface area contributed by atoms with E-state index < -0.39 is 20.0 Å². The number of piperidine rings is 1. The van der Waals surface area contributed by atoms with Crippen LogP contribution in [0.5, 0.6) is 0 Å². The molecular weight excluding hydrogens is 324 g/mol. The summed E-state index contributed by atoms with van der Waals surface area (Å²) in [5, 5.41) is 0. The SMILES string of the molecule is CCCS(=O)(=O)N1CCC(NS(=O)(=O)c2ccccc2)CC1. The van der Waals surface area contributed by atoms with Crippen molar-refractivity contribution in [1.82, 2.24) is 9.03 Å². The lowest BCUT2D eigenvalue weighted by atomic mass is 10.1. The normalized spacial score (nSPS) is 18.4. The van der Waals surface area contributed by atoms with Crippen LogP contribution in [0.3, 0.4) is 0 Å². The molecule has 0 aromatic heterocycles. The number of sulfonamides is 2. The van der Waals surface area contributed by atoms with Crippen LogP contribution in [0, 0.1) is 0 Å². The summed E-state index contributed by atoms with van der Waals surface area (Å²) < 4.78 is 52.6. The van der Waals surface area contributed by atoms with Gasteiger partial charge >= 0.3 is 0 Å². The third-order valence-corrected chi connectivity index (χ3v) is 7.30. The van der Waals surface area contributed by atoms with E-state index in [1.54, 1.807) is 30.3 Å². The Morgan fingerprint density at radius 3 is 2.23 bits per heavy atom. The molecule has 0 radical (unpaired) electrons. The maximum absolute atomic E-state index is 12.2. The van der Waals surface area contributed by atoms with Gasteiger partial charge in [0, 0.05) is 19.1 Å². The highest BCUT2D eigenvalue weighted by Crippen LogP contribution is 2.17. The van der Waals surface area contributed by atoms with Crippen molar-refractivity contribution in [1.29, 1.82) is 0 Å². The first kappa shape index (κ1) is 17.4. The second-order valence-electron chi connectivity index (χ2n) is 5.42. The lowest BCUT2D eigenvalue weighted by Gasteiger charge is -2.31. The van der Waals surface area contributed by atoms with Crippen molar-refractivity contribution in [2.75, 3.05) is 18.8 Å². The average molecular weight is 346 g/mol. The Morgan fingerprint density at radius 1 is 1.09 bits per heavy atom. The molecule has 1 fully saturated rings. The second kappa shape index (κ2) is 7.08. The van der Waals surface area contributed by atoms with E-state index in [0.29, 0.717) is 32.4 Å². The van der Waals surface area contributed by atoms with Gasteiger partial charge in [0.25, 0.3) is 0 Å². The van der Waals surface area contributed by atoms with Gasteiger partial charge in [0.2, 0.25) is 20.0 Å². The molecule has 1 heterocycles. The second-order valence-corrected chi connectivity index (χ2v) is 9.23. The molecule has 0 atom stereocenters. The average Bonchev–Trinajstić information content (AvgIpc) is 2.48. The lowest BCUT2D eigenvalue weighted by Crippen LogP contribution is -2.46. The van der Waals surface area contributed by atoms with Gasteiger partial charge in [-0.2, -0.15) is 0 Å². The van der Waals surface area contributed by atoms with Crippen LogP contribution in [0.25, 0.3) is 0 Å². The highest BCUT2D eigenvalue weighted by molar-refractivity contribution is 7.89. The van der Waals surface area contributed by atoms with Gasteiger partial charge in [-0.05, 0) is 31.4 Å². The summed E-state index contributed by atoms with van der Waals surface area (Å²) in [7, 11) is -6.74. The van der Waals surface area contributed by atoms with Crippen LogP contribution in [-0.4, -0.2) is 46.0 Å². The van der Waals surface area contributed by atoms with E-state index in [1.807, 2.05) is 6.92 Å². The molecule has 8 heteroatoms. The van der Waals surface area contributed by atoms with Crippen LogP contribution < -0.4 is 4.72 Å². The first-order chi connectivity index (χ1) is 10.3. The summed E-state index contributed by atoms with van der Waals surface area (Å²) in [6.45, 7) is 2.56. The zero-order valence-corrected chi connectivity index (χ0v) is 14.2. The Bertz CT molecular complexity index is 679. The molecule has 1 aliphatic heterocycles. The van der Waals surface area contributed by atoms with E-state index in [4.69, 9.17) is 0 Å². The summed E-state index contributed by atoms with van der Waals surface area (Å²) >= 11 is 0. The molecule has 0 unspecified atom stereocenters. The minimum absolute atomic E-state index is 0.146. The molecule has 0 saturated carbocycles. The predicted octanol–water partition coefficient (Wildman–Crippen LogP) is 1.17. The van der Waals surface area contributed by atoms with Crippen LogP contribution >= 0.6 is 0 Å². The molecule has 1 N–H and O–H groups in total. The van der Waals surface area contributed by atoms with E-state index in [1.165, 1.54) is 4.31 Å².